The van der Waals surface area contributed by atoms with Crippen LogP contribution in [0, 0.1) is 5.82 Å². The van der Waals surface area contributed by atoms with Crippen molar-refractivity contribution < 1.29 is 23.5 Å². The van der Waals surface area contributed by atoms with Crippen molar-refractivity contribution in [3.63, 3.8) is 0 Å². The Balaban J connectivity index is 1.71. The van der Waals surface area contributed by atoms with E-state index in [0.717, 1.165) is 0 Å². The minimum Gasteiger partial charge on any atom is -0.454 e. The molecule has 0 spiro atoms. The van der Waals surface area contributed by atoms with Crippen molar-refractivity contribution in [2.24, 2.45) is 0 Å². The van der Waals surface area contributed by atoms with Crippen molar-refractivity contribution in [3.05, 3.63) is 54.0 Å². The first-order valence-electron chi connectivity index (χ1n) is 7.55. The van der Waals surface area contributed by atoms with E-state index in [9.17, 15) is 14.0 Å². The summed E-state index contributed by atoms with van der Waals surface area (Å²) in [6.45, 7) is 1.49. The van der Waals surface area contributed by atoms with Crippen LogP contribution in [0.5, 0.6) is 11.5 Å². The smallest absolute Gasteiger partial charge is 0.257 e. The highest BCUT2D eigenvalue weighted by Crippen LogP contribution is 2.34. The van der Waals surface area contributed by atoms with Gasteiger partial charge in [-0.05, 0) is 30.3 Å². The van der Waals surface area contributed by atoms with E-state index < -0.39 is 11.7 Å². The average molecular weight is 340 g/mol. The van der Waals surface area contributed by atoms with Crippen LogP contribution in [-0.4, -0.2) is 23.2 Å². The summed E-state index contributed by atoms with van der Waals surface area (Å²) in [6.07, 6.45) is 1.41. The molecule has 1 aliphatic rings. The summed E-state index contributed by atoms with van der Waals surface area (Å²) in [5, 5.41) is 3.25. The summed E-state index contributed by atoms with van der Waals surface area (Å²) in [6, 6.07) is 9.02. The molecule has 25 heavy (non-hydrogen) atoms. The normalized spacial score (nSPS) is 12.4. The molecule has 1 amide bonds. The highest BCUT2D eigenvalue weighted by Gasteiger charge is 2.19. The fourth-order valence-electron chi connectivity index (χ4n) is 2.81. The van der Waals surface area contributed by atoms with Gasteiger partial charge in [0.2, 0.25) is 12.7 Å². The topological polar surface area (TPSA) is 69.6 Å². The Labute approximate surface area is 141 Å². The second-order valence-electron chi connectivity index (χ2n) is 5.62. The van der Waals surface area contributed by atoms with E-state index in [0.29, 0.717) is 28.1 Å². The zero-order chi connectivity index (χ0) is 17.6. The number of aromatic nitrogens is 1. The fourth-order valence-corrected chi connectivity index (χ4v) is 2.81. The van der Waals surface area contributed by atoms with Crippen LogP contribution in [0.2, 0.25) is 0 Å². The molecule has 0 fully saturated rings. The zero-order valence-electron chi connectivity index (χ0n) is 13.2. The number of halogens is 1. The van der Waals surface area contributed by atoms with Crippen LogP contribution in [0.25, 0.3) is 10.9 Å². The summed E-state index contributed by atoms with van der Waals surface area (Å²) < 4.78 is 25.3. The number of carbonyl (C=O) groups excluding carboxylic acids is 2. The minimum absolute atomic E-state index is 0.143. The lowest BCUT2D eigenvalue weighted by atomic mass is 10.1. The number of hydrogen-bond acceptors (Lipinski definition) is 4. The van der Waals surface area contributed by atoms with Crippen LogP contribution in [0.3, 0.4) is 0 Å². The van der Waals surface area contributed by atoms with Crippen LogP contribution in [-0.2, 0) is 0 Å². The molecular weight excluding hydrogens is 327 g/mol. The Hall–Kier alpha value is -3.35. The third-order valence-corrected chi connectivity index (χ3v) is 3.98. The molecule has 3 aromatic rings. The maximum Gasteiger partial charge on any atom is 0.257 e. The Bertz CT molecular complexity index is 1030. The van der Waals surface area contributed by atoms with Crippen molar-refractivity contribution >= 4 is 28.4 Å². The molecule has 0 saturated carbocycles. The number of carbonyl (C=O) groups is 2. The fraction of sp³-hybridized carbons (Fsp3) is 0.111. The summed E-state index contributed by atoms with van der Waals surface area (Å²) in [4.78, 5) is 24.4. The van der Waals surface area contributed by atoms with Gasteiger partial charge in [0.25, 0.3) is 5.91 Å². The number of hydrogen-bond donors (Lipinski definition) is 1. The van der Waals surface area contributed by atoms with E-state index in [1.807, 2.05) is 0 Å². The standard InChI is InChI=1S/C18H13FN2O4/c1-10(22)21-8-14(13-4-2-11(19)6-15(13)21)18(23)20-12-3-5-16-17(7-12)25-9-24-16/h2-8H,9H2,1H3,(H,20,23). The molecule has 0 aliphatic carbocycles. The first-order valence-corrected chi connectivity index (χ1v) is 7.55. The van der Waals surface area contributed by atoms with Gasteiger partial charge in [0.15, 0.2) is 11.5 Å². The first-order chi connectivity index (χ1) is 12.0. The lowest BCUT2D eigenvalue weighted by Crippen LogP contribution is -2.11. The molecule has 1 aliphatic heterocycles. The van der Waals surface area contributed by atoms with E-state index in [1.165, 1.54) is 35.9 Å². The van der Waals surface area contributed by atoms with Gasteiger partial charge in [-0.3, -0.25) is 14.2 Å². The molecule has 0 saturated heterocycles. The van der Waals surface area contributed by atoms with E-state index in [2.05, 4.69) is 5.32 Å². The van der Waals surface area contributed by atoms with Gasteiger partial charge in [-0.15, -0.1) is 0 Å². The van der Waals surface area contributed by atoms with Crippen molar-refractivity contribution in [1.29, 1.82) is 0 Å². The number of anilines is 1. The Morgan fingerprint density at radius 3 is 2.72 bits per heavy atom. The average Bonchev–Trinajstić information content (AvgIpc) is 3.18. The molecule has 2 aromatic carbocycles. The molecule has 1 N–H and O–H groups in total. The molecule has 6 nitrogen and oxygen atoms in total. The quantitative estimate of drug-likeness (QED) is 0.776. The molecule has 126 valence electrons. The van der Waals surface area contributed by atoms with Gasteiger partial charge >= 0.3 is 0 Å². The monoisotopic (exact) mass is 340 g/mol. The SMILES string of the molecule is CC(=O)n1cc(C(=O)Nc2ccc3c(c2)OCO3)c2ccc(F)cc21. The number of nitrogens with zero attached hydrogens (tertiary/aromatic N) is 1. The first kappa shape index (κ1) is 15.2. The van der Waals surface area contributed by atoms with E-state index in [4.69, 9.17) is 9.47 Å². The summed E-state index contributed by atoms with van der Waals surface area (Å²) >= 11 is 0. The van der Waals surface area contributed by atoms with Crippen molar-refractivity contribution in [3.8, 4) is 11.5 Å². The van der Waals surface area contributed by atoms with Gasteiger partial charge in [-0.25, -0.2) is 4.39 Å². The molecule has 0 bridgehead atoms. The number of benzene rings is 2. The van der Waals surface area contributed by atoms with Crippen LogP contribution < -0.4 is 14.8 Å². The van der Waals surface area contributed by atoms with Crippen LogP contribution in [0.4, 0.5) is 10.1 Å². The Morgan fingerprint density at radius 2 is 1.92 bits per heavy atom. The predicted molar refractivity (Wildman–Crippen MR) is 88.7 cm³/mol. The summed E-state index contributed by atoms with van der Waals surface area (Å²) in [5.74, 6) is -0.0308. The highest BCUT2D eigenvalue weighted by molar-refractivity contribution is 6.14. The van der Waals surface area contributed by atoms with Crippen LogP contribution in [0.15, 0.2) is 42.6 Å². The van der Waals surface area contributed by atoms with Crippen LogP contribution in [0.1, 0.15) is 22.1 Å². The Kier molecular flexibility index (Phi) is 3.42. The summed E-state index contributed by atoms with van der Waals surface area (Å²) in [7, 11) is 0. The van der Waals surface area contributed by atoms with Gasteiger partial charge in [0.1, 0.15) is 5.82 Å². The second kappa shape index (κ2) is 5.62. The van der Waals surface area contributed by atoms with Gasteiger partial charge in [0, 0.05) is 30.3 Å². The van der Waals surface area contributed by atoms with Gasteiger partial charge < -0.3 is 14.8 Å². The third kappa shape index (κ3) is 2.59. The van der Waals surface area contributed by atoms with Crippen molar-refractivity contribution in [2.45, 2.75) is 6.92 Å². The minimum atomic E-state index is -0.476. The number of ether oxygens (including phenoxy) is 2. The van der Waals surface area contributed by atoms with Gasteiger partial charge in [-0.2, -0.15) is 0 Å². The highest BCUT2D eigenvalue weighted by atomic mass is 19.1. The molecule has 0 unspecified atom stereocenters. The van der Waals surface area contributed by atoms with E-state index in [1.54, 1.807) is 18.2 Å². The van der Waals surface area contributed by atoms with E-state index >= 15 is 0 Å². The molecule has 0 atom stereocenters. The number of fused-ring (bicyclic) bond motifs is 2. The summed E-state index contributed by atoms with van der Waals surface area (Å²) in [5.41, 5.74) is 1.16. The lowest BCUT2D eigenvalue weighted by molar-refractivity contribution is 0.0941. The number of amides is 1. The van der Waals surface area contributed by atoms with Crippen molar-refractivity contribution in [2.75, 3.05) is 12.1 Å². The molecule has 4 rings (SSSR count). The van der Waals surface area contributed by atoms with Gasteiger partial charge in [0.05, 0.1) is 11.1 Å². The third-order valence-electron chi connectivity index (χ3n) is 3.98. The second-order valence-corrected chi connectivity index (χ2v) is 5.62. The van der Waals surface area contributed by atoms with Crippen LogP contribution >= 0.6 is 0 Å². The number of rotatable bonds is 2. The maximum absolute atomic E-state index is 13.5. The lowest BCUT2D eigenvalue weighted by Gasteiger charge is -2.05. The van der Waals surface area contributed by atoms with Gasteiger partial charge in [-0.1, -0.05) is 0 Å². The largest absolute Gasteiger partial charge is 0.454 e. The maximum atomic E-state index is 13.5. The molecule has 0 radical (unpaired) electrons. The molecule has 1 aromatic heterocycles. The predicted octanol–water partition coefficient (Wildman–Crippen LogP) is 3.42. The van der Waals surface area contributed by atoms with E-state index in [-0.39, 0.29) is 18.3 Å². The molecule has 2 heterocycles. The molecule has 7 heteroatoms. The Morgan fingerprint density at radius 1 is 1.12 bits per heavy atom. The zero-order valence-corrected chi connectivity index (χ0v) is 13.2. The van der Waals surface area contributed by atoms with Crippen molar-refractivity contribution in [1.82, 2.24) is 4.57 Å². The number of nitrogens with one attached hydrogen (secondary N) is 1. The molecular formula is C18H13FN2O4.